The average molecular weight is 128 g/mol. The number of aliphatic hydroxyl groups is 1. The van der Waals surface area contributed by atoms with Crippen molar-refractivity contribution in [2.75, 3.05) is 6.61 Å². The van der Waals surface area contributed by atoms with Crippen molar-refractivity contribution in [2.45, 2.75) is 20.1 Å². The zero-order valence-electron chi connectivity index (χ0n) is 5.79. The molecule has 1 aliphatic heterocycles. The van der Waals surface area contributed by atoms with E-state index >= 15 is 0 Å². The minimum atomic E-state index is -0.468. The number of ether oxygens (including phenoxy) is 1. The van der Waals surface area contributed by atoms with Crippen LogP contribution >= 0.6 is 0 Å². The molecule has 0 aromatic carbocycles. The van der Waals surface area contributed by atoms with Crippen LogP contribution in [0.3, 0.4) is 0 Å². The molecule has 2 aliphatic rings. The Balaban J connectivity index is 2.14. The minimum Gasteiger partial charge on any atom is -0.368 e. The largest absolute Gasteiger partial charge is 0.368 e. The van der Waals surface area contributed by atoms with Gasteiger partial charge in [0.1, 0.15) is 0 Å². The first-order chi connectivity index (χ1) is 4.14. The summed E-state index contributed by atoms with van der Waals surface area (Å²) >= 11 is 0. The second-order valence-electron chi connectivity index (χ2n) is 3.68. The number of rotatable bonds is 0. The summed E-state index contributed by atoms with van der Waals surface area (Å²) < 4.78 is 5.01. The van der Waals surface area contributed by atoms with E-state index in [0.29, 0.717) is 17.3 Å². The Hall–Kier alpha value is -0.0800. The van der Waals surface area contributed by atoms with Gasteiger partial charge >= 0.3 is 0 Å². The molecule has 9 heavy (non-hydrogen) atoms. The van der Waals surface area contributed by atoms with Gasteiger partial charge in [-0.15, -0.1) is 0 Å². The molecule has 3 atom stereocenters. The molecule has 0 bridgehead atoms. The van der Waals surface area contributed by atoms with Gasteiger partial charge in [0, 0.05) is 5.92 Å². The normalized spacial score (nSPS) is 53.0. The Kier molecular flexibility index (Phi) is 0.837. The van der Waals surface area contributed by atoms with Crippen LogP contribution in [0.5, 0.6) is 0 Å². The molecule has 1 unspecified atom stereocenters. The van der Waals surface area contributed by atoms with Gasteiger partial charge < -0.3 is 9.84 Å². The van der Waals surface area contributed by atoms with Crippen LogP contribution < -0.4 is 0 Å². The summed E-state index contributed by atoms with van der Waals surface area (Å²) in [4.78, 5) is 0. The molecule has 0 radical (unpaired) electrons. The Morgan fingerprint density at radius 1 is 1.56 bits per heavy atom. The molecule has 2 nitrogen and oxygen atoms in total. The first-order valence-electron chi connectivity index (χ1n) is 3.43. The van der Waals surface area contributed by atoms with Gasteiger partial charge in [-0.2, -0.15) is 0 Å². The summed E-state index contributed by atoms with van der Waals surface area (Å²) in [6, 6.07) is 0. The monoisotopic (exact) mass is 128 g/mol. The molecule has 2 rings (SSSR count). The first kappa shape index (κ1) is 5.69. The third-order valence-corrected chi connectivity index (χ3v) is 2.89. The highest BCUT2D eigenvalue weighted by molar-refractivity contribution is 5.09. The highest BCUT2D eigenvalue weighted by atomic mass is 16.6. The van der Waals surface area contributed by atoms with E-state index in [9.17, 15) is 0 Å². The van der Waals surface area contributed by atoms with Crippen LogP contribution in [0.2, 0.25) is 0 Å². The molecule has 52 valence electrons. The van der Waals surface area contributed by atoms with Crippen LogP contribution in [0.15, 0.2) is 0 Å². The SMILES string of the molecule is CC1(C)[C@@H]2C(O)OC[C@@H]21. The smallest absolute Gasteiger partial charge is 0.158 e. The fourth-order valence-electron chi connectivity index (χ4n) is 1.98. The van der Waals surface area contributed by atoms with Crippen molar-refractivity contribution in [1.29, 1.82) is 0 Å². The summed E-state index contributed by atoms with van der Waals surface area (Å²) in [5, 5.41) is 9.15. The zero-order valence-corrected chi connectivity index (χ0v) is 5.79. The predicted molar refractivity (Wildman–Crippen MR) is 32.7 cm³/mol. The van der Waals surface area contributed by atoms with Crippen molar-refractivity contribution >= 4 is 0 Å². The van der Waals surface area contributed by atoms with Gasteiger partial charge in [-0.25, -0.2) is 0 Å². The second kappa shape index (κ2) is 1.32. The van der Waals surface area contributed by atoms with E-state index in [1.54, 1.807) is 0 Å². The highest BCUT2D eigenvalue weighted by Crippen LogP contribution is 2.63. The fraction of sp³-hybridized carbons (Fsp3) is 1.00. The van der Waals surface area contributed by atoms with Crippen molar-refractivity contribution in [3.8, 4) is 0 Å². The van der Waals surface area contributed by atoms with Gasteiger partial charge in [-0.3, -0.25) is 0 Å². The van der Waals surface area contributed by atoms with Crippen molar-refractivity contribution in [2.24, 2.45) is 17.3 Å². The number of hydrogen-bond donors (Lipinski definition) is 1. The Labute approximate surface area is 54.8 Å². The lowest BCUT2D eigenvalue weighted by atomic mass is 10.1. The van der Waals surface area contributed by atoms with Crippen LogP contribution in [0.25, 0.3) is 0 Å². The zero-order chi connectivity index (χ0) is 6.65. The molecule has 1 aliphatic carbocycles. The van der Waals surface area contributed by atoms with E-state index in [4.69, 9.17) is 9.84 Å². The lowest BCUT2D eigenvalue weighted by Crippen LogP contribution is -2.15. The number of aliphatic hydroxyl groups excluding tert-OH is 1. The summed E-state index contributed by atoms with van der Waals surface area (Å²) in [5.41, 5.74) is 0.359. The van der Waals surface area contributed by atoms with Gasteiger partial charge in [-0.1, -0.05) is 13.8 Å². The fourth-order valence-corrected chi connectivity index (χ4v) is 1.98. The Morgan fingerprint density at radius 3 is 2.44 bits per heavy atom. The van der Waals surface area contributed by atoms with E-state index in [-0.39, 0.29) is 0 Å². The maximum Gasteiger partial charge on any atom is 0.158 e. The third kappa shape index (κ3) is 0.528. The molecule has 0 spiro atoms. The molecular formula is C7H12O2. The van der Waals surface area contributed by atoms with Gasteiger partial charge in [0.25, 0.3) is 0 Å². The molecular weight excluding hydrogens is 116 g/mol. The van der Waals surface area contributed by atoms with E-state index in [0.717, 1.165) is 6.61 Å². The van der Waals surface area contributed by atoms with Crippen molar-refractivity contribution in [1.82, 2.24) is 0 Å². The Morgan fingerprint density at radius 2 is 2.22 bits per heavy atom. The summed E-state index contributed by atoms with van der Waals surface area (Å²) in [6.07, 6.45) is -0.468. The Bertz CT molecular complexity index is 142. The standard InChI is InChI=1S/C7H12O2/c1-7(2)4-3-9-6(8)5(4)7/h4-6,8H,3H2,1-2H3/t4-,5-,6?/m0/s1. The molecule has 0 aromatic rings. The van der Waals surface area contributed by atoms with Crippen molar-refractivity contribution in [3.05, 3.63) is 0 Å². The highest BCUT2D eigenvalue weighted by Gasteiger charge is 2.65. The summed E-state index contributed by atoms with van der Waals surface area (Å²) in [5.74, 6) is 1.06. The summed E-state index contributed by atoms with van der Waals surface area (Å²) in [6.45, 7) is 5.14. The van der Waals surface area contributed by atoms with Gasteiger partial charge in [0.05, 0.1) is 6.61 Å². The quantitative estimate of drug-likeness (QED) is 0.518. The van der Waals surface area contributed by atoms with E-state index in [2.05, 4.69) is 13.8 Å². The van der Waals surface area contributed by atoms with E-state index in [1.807, 2.05) is 0 Å². The maximum absolute atomic E-state index is 9.15. The predicted octanol–water partition coefficient (Wildman–Crippen LogP) is 0.607. The third-order valence-electron chi connectivity index (χ3n) is 2.89. The molecule has 2 heteroatoms. The van der Waals surface area contributed by atoms with Crippen LogP contribution in [-0.4, -0.2) is 18.0 Å². The average Bonchev–Trinajstić information content (AvgIpc) is 2.19. The molecule has 1 heterocycles. The second-order valence-corrected chi connectivity index (χ2v) is 3.68. The molecule has 0 aromatic heterocycles. The van der Waals surface area contributed by atoms with Crippen LogP contribution in [0.1, 0.15) is 13.8 Å². The lowest BCUT2D eigenvalue weighted by molar-refractivity contribution is -0.0960. The van der Waals surface area contributed by atoms with Crippen LogP contribution in [-0.2, 0) is 4.74 Å². The van der Waals surface area contributed by atoms with Crippen LogP contribution in [0, 0.1) is 17.3 Å². The molecule has 1 saturated heterocycles. The van der Waals surface area contributed by atoms with Gasteiger partial charge in [-0.05, 0) is 11.3 Å². The van der Waals surface area contributed by atoms with Gasteiger partial charge in [0.15, 0.2) is 6.29 Å². The molecule has 0 amide bonds. The number of hydrogen-bond acceptors (Lipinski definition) is 2. The lowest BCUT2D eigenvalue weighted by Gasteiger charge is -2.11. The van der Waals surface area contributed by atoms with Crippen molar-refractivity contribution < 1.29 is 9.84 Å². The van der Waals surface area contributed by atoms with E-state index < -0.39 is 6.29 Å². The minimum absolute atomic E-state index is 0.359. The topological polar surface area (TPSA) is 29.5 Å². The van der Waals surface area contributed by atoms with Gasteiger partial charge in [0.2, 0.25) is 0 Å². The number of fused-ring (bicyclic) bond motifs is 1. The first-order valence-corrected chi connectivity index (χ1v) is 3.43. The molecule has 1 saturated carbocycles. The van der Waals surface area contributed by atoms with Crippen molar-refractivity contribution in [3.63, 3.8) is 0 Å². The summed E-state index contributed by atoms with van der Waals surface area (Å²) in [7, 11) is 0. The molecule has 2 fully saturated rings. The van der Waals surface area contributed by atoms with E-state index in [1.165, 1.54) is 0 Å². The maximum atomic E-state index is 9.15. The van der Waals surface area contributed by atoms with Crippen LogP contribution in [0.4, 0.5) is 0 Å². The molecule has 1 N–H and O–H groups in total.